The van der Waals surface area contributed by atoms with Crippen molar-refractivity contribution in [3.05, 3.63) is 23.8 Å². The molecule has 2 fully saturated rings. The van der Waals surface area contributed by atoms with Crippen molar-refractivity contribution in [1.29, 1.82) is 0 Å². The summed E-state index contributed by atoms with van der Waals surface area (Å²) in [6.45, 7) is 0.612. The number of carbonyl (C=O) groups excluding carboxylic acids is 1. The Balaban J connectivity index is 1.65. The predicted molar refractivity (Wildman–Crippen MR) is 93.7 cm³/mol. The Labute approximate surface area is 148 Å². The molecule has 1 saturated carbocycles. The third kappa shape index (κ3) is 3.53. The molecule has 2 aliphatic rings. The van der Waals surface area contributed by atoms with E-state index in [4.69, 9.17) is 9.47 Å². The molecule has 2 amide bonds. The highest BCUT2D eigenvalue weighted by atomic mass is 32.2. The number of nitrogens with one attached hydrogen (secondary N) is 1. The van der Waals surface area contributed by atoms with Crippen LogP contribution in [0, 0.1) is 0 Å². The number of urea groups is 1. The average molecular weight is 368 g/mol. The number of rotatable bonds is 4. The van der Waals surface area contributed by atoms with Gasteiger partial charge in [0.15, 0.2) is 21.3 Å². The third-order valence-corrected chi connectivity index (χ3v) is 7.27. The molecule has 0 aromatic heterocycles. The second-order valence-electron chi connectivity index (χ2n) is 6.45. The first kappa shape index (κ1) is 17.8. The fourth-order valence-corrected chi connectivity index (χ4v) is 5.79. The standard InChI is InChI=1S/C17H24N2O5S/c1-23-14-7-6-12(10-15(14)24-2)11-18-17(20)19-8-9-25(21,22)16-5-3-4-13(16)19/h6-7,10,13,16H,3-5,8-9,11H2,1-2H3,(H,18,20). The fourth-order valence-electron chi connectivity index (χ4n) is 3.75. The third-order valence-electron chi connectivity index (χ3n) is 5.05. The summed E-state index contributed by atoms with van der Waals surface area (Å²) in [6.07, 6.45) is 2.27. The van der Waals surface area contributed by atoms with Crippen molar-refractivity contribution >= 4 is 15.9 Å². The van der Waals surface area contributed by atoms with Gasteiger partial charge in [0.2, 0.25) is 0 Å². The highest BCUT2D eigenvalue weighted by molar-refractivity contribution is 7.92. The molecule has 1 aromatic rings. The van der Waals surface area contributed by atoms with Crippen molar-refractivity contribution in [3.63, 3.8) is 0 Å². The molecule has 138 valence electrons. The molecule has 7 nitrogen and oxygen atoms in total. The van der Waals surface area contributed by atoms with Crippen molar-refractivity contribution < 1.29 is 22.7 Å². The van der Waals surface area contributed by atoms with E-state index in [-0.39, 0.29) is 24.4 Å². The van der Waals surface area contributed by atoms with Gasteiger partial charge >= 0.3 is 6.03 Å². The van der Waals surface area contributed by atoms with E-state index in [0.29, 0.717) is 24.5 Å². The topological polar surface area (TPSA) is 84.9 Å². The maximum atomic E-state index is 12.6. The number of ether oxygens (including phenoxy) is 2. The number of sulfone groups is 1. The number of methoxy groups -OCH3 is 2. The van der Waals surface area contributed by atoms with E-state index in [1.54, 1.807) is 25.2 Å². The van der Waals surface area contributed by atoms with Crippen LogP contribution in [0.1, 0.15) is 24.8 Å². The zero-order chi connectivity index (χ0) is 18.0. The summed E-state index contributed by atoms with van der Waals surface area (Å²) >= 11 is 0. The summed E-state index contributed by atoms with van der Waals surface area (Å²) in [7, 11) is 0.0726. The maximum Gasteiger partial charge on any atom is 0.317 e. The largest absolute Gasteiger partial charge is 0.493 e. The molecule has 2 unspecified atom stereocenters. The van der Waals surface area contributed by atoms with Gasteiger partial charge in [-0.05, 0) is 37.0 Å². The average Bonchev–Trinajstić information content (AvgIpc) is 3.10. The fraction of sp³-hybridized carbons (Fsp3) is 0.588. The highest BCUT2D eigenvalue weighted by Crippen LogP contribution is 2.33. The van der Waals surface area contributed by atoms with Crippen molar-refractivity contribution in [3.8, 4) is 11.5 Å². The summed E-state index contributed by atoms with van der Waals surface area (Å²) in [6, 6.07) is 5.07. The zero-order valence-electron chi connectivity index (χ0n) is 14.5. The van der Waals surface area contributed by atoms with E-state index in [9.17, 15) is 13.2 Å². The normalized spacial score (nSPS) is 24.5. The molecule has 8 heteroatoms. The van der Waals surface area contributed by atoms with Gasteiger partial charge < -0.3 is 19.7 Å². The molecule has 1 heterocycles. The first-order valence-corrected chi connectivity index (χ1v) is 10.1. The first-order chi connectivity index (χ1) is 12.0. The van der Waals surface area contributed by atoms with Gasteiger partial charge in [-0.25, -0.2) is 13.2 Å². The molecule has 1 saturated heterocycles. The van der Waals surface area contributed by atoms with Crippen molar-refractivity contribution in [2.24, 2.45) is 0 Å². The highest BCUT2D eigenvalue weighted by Gasteiger charge is 2.45. The lowest BCUT2D eigenvalue weighted by atomic mass is 10.2. The number of amides is 2. The number of fused-ring (bicyclic) bond motifs is 1. The van der Waals surface area contributed by atoms with Crippen LogP contribution in [0.25, 0.3) is 0 Å². The summed E-state index contributed by atoms with van der Waals surface area (Å²) < 4.78 is 34.8. The van der Waals surface area contributed by atoms with Crippen molar-refractivity contribution in [2.45, 2.75) is 37.1 Å². The first-order valence-electron chi connectivity index (χ1n) is 8.43. The monoisotopic (exact) mass is 368 g/mol. The molecular formula is C17H24N2O5S. The van der Waals surface area contributed by atoms with Gasteiger partial charge in [-0.15, -0.1) is 0 Å². The maximum absolute atomic E-state index is 12.6. The lowest BCUT2D eigenvalue weighted by molar-refractivity contribution is 0.175. The molecule has 2 atom stereocenters. The molecule has 1 aliphatic carbocycles. The quantitative estimate of drug-likeness (QED) is 0.872. The van der Waals surface area contributed by atoms with Crippen molar-refractivity contribution in [1.82, 2.24) is 10.2 Å². The van der Waals surface area contributed by atoms with Gasteiger partial charge in [0.25, 0.3) is 0 Å². The van der Waals surface area contributed by atoms with Gasteiger partial charge in [-0.2, -0.15) is 0 Å². The number of nitrogens with zero attached hydrogens (tertiary/aromatic N) is 1. The Morgan fingerprint density at radius 2 is 2.00 bits per heavy atom. The Morgan fingerprint density at radius 3 is 2.72 bits per heavy atom. The minimum absolute atomic E-state index is 0.0535. The molecule has 25 heavy (non-hydrogen) atoms. The number of hydrogen-bond donors (Lipinski definition) is 1. The van der Waals surface area contributed by atoms with Crippen LogP contribution in [0.15, 0.2) is 18.2 Å². The van der Waals surface area contributed by atoms with Crippen LogP contribution in [0.3, 0.4) is 0 Å². The lowest BCUT2D eigenvalue weighted by Crippen LogP contribution is -2.56. The van der Waals surface area contributed by atoms with Crippen LogP contribution in [0.5, 0.6) is 11.5 Å². The van der Waals surface area contributed by atoms with Crippen LogP contribution in [-0.4, -0.2) is 57.2 Å². The summed E-state index contributed by atoms with van der Waals surface area (Å²) in [5, 5.41) is 2.50. The van der Waals surface area contributed by atoms with Crippen LogP contribution in [-0.2, 0) is 16.4 Å². The van der Waals surface area contributed by atoms with Crippen LogP contribution < -0.4 is 14.8 Å². The molecule has 1 aromatic carbocycles. The van der Waals surface area contributed by atoms with Crippen molar-refractivity contribution in [2.75, 3.05) is 26.5 Å². The second kappa shape index (κ2) is 7.11. The van der Waals surface area contributed by atoms with Gasteiger partial charge in [-0.3, -0.25) is 0 Å². The minimum atomic E-state index is -3.06. The van der Waals surface area contributed by atoms with Gasteiger partial charge in [0.1, 0.15) is 0 Å². The SMILES string of the molecule is COc1ccc(CNC(=O)N2CCS(=O)(=O)C3CCCC32)cc1OC. The predicted octanol–water partition coefficient (Wildman–Crippen LogP) is 1.56. The Kier molecular flexibility index (Phi) is 5.08. The Hall–Kier alpha value is -1.96. The van der Waals surface area contributed by atoms with Gasteiger partial charge in [0, 0.05) is 13.1 Å². The lowest BCUT2D eigenvalue weighted by Gasteiger charge is -2.37. The van der Waals surface area contributed by atoms with E-state index in [0.717, 1.165) is 18.4 Å². The Bertz CT molecular complexity index is 749. The molecular weight excluding hydrogens is 344 g/mol. The Morgan fingerprint density at radius 1 is 1.24 bits per heavy atom. The smallest absolute Gasteiger partial charge is 0.317 e. The summed E-state index contributed by atoms with van der Waals surface area (Å²) in [5.74, 6) is 1.29. The van der Waals surface area contributed by atoms with E-state index >= 15 is 0 Å². The number of carbonyl (C=O) groups is 1. The van der Waals surface area contributed by atoms with E-state index in [1.165, 1.54) is 0 Å². The molecule has 0 spiro atoms. The van der Waals surface area contributed by atoms with Crippen LogP contribution in [0.2, 0.25) is 0 Å². The summed E-state index contributed by atoms with van der Waals surface area (Å²) in [5.41, 5.74) is 0.888. The van der Waals surface area contributed by atoms with Crippen LogP contribution >= 0.6 is 0 Å². The molecule has 1 aliphatic heterocycles. The minimum Gasteiger partial charge on any atom is -0.493 e. The van der Waals surface area contributed by atoms with E-state index in [1.807, 2.05) is 12.1 Å². The van der Waals surface area contributed by atoms with E-state index in [2.05, 4.69) is 5.32 Å². The molecule has 1 N–H and O–H groups in total. The van der Waals surface area contributed by atoms with E-state index < -0.39 is 15.1 Å². The molecule has 0 radical (unpaired) electrons. The van der Waals surface area contributed by atoms with Crippen LogP contribution in [0.4, 0.5) is 4.79 Å². The van der Waals surface area contributed by atoms with Gasteiger partial charge in [0.05, 0.1) is 31.3 Å². The second-order valence-corrected chi connectivity index (χ2v) is 8.78. The number of hydrogen-bond acceptors (Lipinski definition) is 5. The molecule has 0 bridgehead atoms. The van der Waals surface area contributed by atoms with Gasteiger partial charge in [-0.1, -0.05) is 6.07 Å². The number of benzene rings is 1. The zero-order valence-corrected chi connectivity index (χ0v) is 15.3. The summed E-state index contributed by atoms with van der Waals surface area (Å²) in [4.78, 5) is 14.3. The molecule has 3 rings (SSSR count).